The summed E-state index contributed by atoms with van der Waals surface area (Å²) in [4.78, 5) is 39.2. The van der Waals surface area contributed by atoms with Crippen molar-refractivity contribution in [2.45, 2.75) is 6.61 Å². The largest absolute Gasteiger partial charge is 0.497 e. The average Bonchev–Trinajstić information content (AvgIpc) is 3.20. The van der Waals surface area contributed by atoms with Crippen LogP contribution in [0.2, 0.25) is 0 Å². The van der Waals surface area contributed by atoms with Crippen molar-refractivity contribution in [3.05, 3.63) is 102 Å². The van der Waals surface area contributed by atoms with Gasteiger partial charge in [-0.2, -0.15) is 0 Å². The van der Waals surface area contributed by atoms with Gasteiger partial charge < -0.3 is 14.8 Å². The van der Waals surface area contributed by atoms with E-state index in [9.17, 15) is 14.4 Å². The molecule has 0 atom stereocenters. The van der Waals surface area contributed by atoms with E-state index in [1.807, 2.05) is 24.3 Å². The first-order valence-electron chi connectivity index (χ1n) is 12.1. The van der Waals surface area contributed by atoms with Crippen molar-refractivity contribution in [3.63, 3.8) is 0 Å². The molecule has 0 spiro atoms. The van der Waals surface area contributed by atoms with Gasteiger partial charge >= 0.3 is 0 Å². The molecule has 202 valence electrons. The number of methoxy groups -OCH3 is 1. The molecule has 7 nitrogen and oxygen atoms in total. The molecule has 0 aromatic heterocycles. The second-order valence-electron chi connectivity index (χ2n) is 8.83. The zero-order valence-electron chi connectivity index (χ0n) is 21.1. The number of hydrogen-bond donors (Lipinski definition) is 1. The highest BCUT2D eigenvalue weighted by Crippen LogP contribution is 2.35. The molecule has 0 aliphatic carbocycles. The molecule has 10 heteroatoms. The number of carbonyl (C=O) groups excluding carboxylic acids is 3. The summed E-state index contributed by atoms with van der Waals surface area (Å²) >= 11 is 5.24. The number of rotatable bonds is 8. The molecule has 1 saturated heterocycles. The van der Waals surface area contributed by atoms with E-state index in [4.69, 9.17) is 9.47 Å². The number of nitrogens with zero attached hydrogens (tertiary/aromatic N) is 1. The second kappa shape index (κ2) is 12.6. The van der Waals surface area contributed by atoms with Crippen LogP contribution in [0.5, 0.6) is 11.5 Å². The van der Waals surface area contributed by atoms with Crippen LogP contribution in [0.25, 0.3) is 16.8 Å². The Bertz CT molecular complexity index is 1630. The SMILES string of the molecule is COc1ccc(NC(=O)CN2C(=O)S/C(=C/c3cc(I)c(OCc4ccc5ccccc5c4)c(I)c3)C2=O)cc1. The number of amides is 3. The van der Waals surface area contributed by atoms with Gasteiger partial charge in [-0.05, 0) is 127 Å². The van der Waals surface area contributed by atoms with Gasteiger partial charge in [0.2, 0.25) is 5.91 Å². The standard InChI is InChI=1S/C30H22I2N2O5S/c1-38-23-10-8-22(9-11-23)33-27(35)16-34-29(36)26(40-30(34)37)15-19-13-24(31)28(25(32)14-19)39-17-18-6-7-20-4-2-3-5-21(20)12-18/h2-15H,16-17H2,1H3,(H,33,35)/b26-15+. The zero-order chi connectivity index (χ0) is 28.2. The van der Waals surface area contributed by atoms with E-state index in [1.54, 1.807) is 37.5 Å². The van der Waals surface area contributed by atoms with Crippen molar-refractivity contribution in [2.75, 3.05) is 19.0 Å². The maximum absolute atomic E-state index is 13.0. The van der Waals surface area contributed by atoms with E-state index in [2.05, 4.69) is 80.8 Å². The number of thioether (sulfide) groups is 1. The number of hydrogen-bond acceptors (Lipinski definition) is 6. The van der Waals surface area contributed by atoms with Crippen LogP contribution >= 0.6 is 56.9 Å². The molecular weight excluding hydrogens is 754 g/mol. The van der Waals surface area contributed by atoms with Gasteiger partial charge in [0.15, 0.2) is 0 Å². The summed E-state index contributed by atoms with van der Waals surface area (Å²) in [5.74, 6) is 0.449. The number of halogens is 2. The van der Waals surface area contributed by atoms with Crippen LogP contribution in [0.3, 0.4) is 0 Å². The van der Waals surface area contributed by atoms with Crippen LogP contribution in [0.4, 0.5) is 10.5 Å². The summed E-state index contributed by atoms with van der Waals surface area (Å²) in [5.41, 5.74) is 2.37. The van der Waals surface area contributed by atoms with Gasteiger partial charge in [-0.15, -0.1) is 0 Å². The molecule has 0 radical (unpaired) electrons. The zero-order valence-corrected chi connectivity index (χ0v) is 26.3. The molecule has 5 rings (SSSR count). The van der Waals surface area contributed by atoms with Crippen molar-refractivity contribution in [2.24, 2.45) is 0 Å². The highest BCUT2D eigenvalue weighted by atomic mass is 127. The number of nitrogens with one attached hydrogen (secondary N) is 1. The highest BCUT2D eigenvalue weighted by Gasteiger charge is 2.36. The van der Waals surface area contributed by atoms with E-state index in [1.165, 1.54) is 5.39 Å². The molecule has 0 unspecified atom stereocenters. The van der Waals surface area contributed by atoms with Crippen LogP contribution < -0.4 is 14.8 Å². The molecule has 3 amide bonds. The Labute approximate surface area is 262 Å². The monoisotopic (exact) mass is 776 g/mol. The summed E-state index contributed by atoms with van der Waals surface area (Å²) in [6.07, 6.45) is 1.67. The molecule has 0 bridgehead atoms. The smallest absolute Gasteiger partial charge is 0.294 e. The molecule has 4 aromatic rings. The summed E-state index contributed by atoms with van der Waals surface area (Å²) in [6, 6.07) is 25.1. The van der Waals surface area contributed by atoms with Crippen LogP contribution in [-0.4, -0.2) is 35.6 Å². The molecule has 1 aliphatic rings. The topological polar surface area (TPSA) is 84.9 Å². The summed E-state index contributed by atoms with van der Waals surface area (Å²) in [7, 11) is 1.55. The van der Waals surface area contributed by atoms with E-state index >= 15 is 0 Å². The van der Waals surface area contributed by atoms with E-state index in [0.717, 1.165) is 46.1 Å². The summed E-state index contributed by atoms with van der Waals surface area (Å²) in [6.45, 7) is 0.0539. The molecule has 4 aromatic carbocycles. The van der Waals surface area contributed by atoms with Crippen LogP contribution in [0.15, 0.2) is 83.8 Å². The lowest BCUT2D eigenvalue weighted by Crippen LogP contribution is -2.36. The summed E-state index contributed by atoms with van der Waals surface area (Å²) in [5, 5.41) is 4.55. The third kappa shape index (κ3) is 6.61. The molecule has 1 aliphatic heterocycles. The minimum atomic E-state index is -0.499. The van der Waals surface area contributed by atoms with Gasteiger partial charge in [0, 0.05) is 5.69 Å². The number of benzene rings is 4. The fourth-order valence-electron chi connectivity index (χ4n) is 4.09. The first-order chi connectivity index (χ1) is 19.3. The van der Waals surface area contributed by atoms with Crippen molar-refractivity contribution in [3.8, 4) is 11.5 Å². The first kappa shape index (κ1) is 28.4. The summed E-state index contributed by atoms with van der Waals surface area (Å²) < 4.78 is 13.0. The molecule has 40 heavy (non-hydrogen) atoms. The fraction of sp³-hybridized carbons (Fsp3) is 0.100. The van der Waals surface area contributed by atoms with Gasteiger partial charge in [-0.25, -0.2) is 0 Å². The lowest BCUT2D eigenvalue weighted by atomic mass is 10.1. The normalized spacial score (nSPS) is 14.2. The third-order valence-electron chi connectivity index (χ3n) is 6.06. The Morgan fingerprint density at radius 3 is 2.35 bits per heavy atom. The molecule has 1 fully saturated rings. The van der Waals surface area contributed by atoms with Crippen molar-refractivity contribution < 1.29 is 23.9 Å². The Morgan fingerprint density at radius 2 is 1.65 bits per heavy atom. The van der Waals surface area contributed by atoms with Gasteiger partial charge in [0.05, 0.1) is 19.2 Å². The average molecular weight is 776 g/mol. The first-order valence-corrected chi connectivity index (χ1v) is 15.1. The van der Waals surface area contributed by atoms with Gasteiger partial charge in [-0.1, -0.05) is 36.4 Å². The van der Waals surface area contributed by atoms with Crippen LogP contribution in [-0.2, 0) is 16.2 Å². The van der Waals surface area contributed by atoms with Crippen LogP contribution in [0.1, 0.15) is 11.1 Å². The third-order valence-corrected chi connectivity index (χ3v) is 8.57. The van der Waals surface area contributed by atoms with Crippen molar-refractivity contribution in [1.82, 2.24) is 4.90 Å². The molecule has 1 heterocycles. The van der Waals surface area contributed by atoms with Crippen molar-refractivity contribution in [1.29, 1.82) is 0 Å². The molecule has 0 saturated carbocycles. The predicted octanol–water partition coefficient (Wildman–Crippen LogP) is 7.31. The lowest BCUT2D eigenvalue weighted by Gasteiger charge is -2.13. The predicted molar refractivity (Wildman–Crippen MR) is 174 cm³/mol. The Kier molecular flexibility index (Phi) is 8.96. The minimum absolute atomic E-state index is 0.263. The van der Waals surface area contributed by atoms with Crippen molar-refractivity contribution >= 4 is 96.5 Å². The lowest BCUT2D eigenvalue weighted by molar-refractivity contribution is -0.127. The number of anilines is 1. The number of fused-ring (bicyclic) bond motifs is 1. The molecule has 1 N–H and O–H groups in total. The quantitative estimate of drug-likeness (QED) is 0.149. The van der Waals surface area contributed by atoms with Gasteiger partial charge in [0.25, 0.3) is 11.1 Å². The van der Waals surface area contributed by atoms with Crippen LogP contribution in [0, 0.1) is 7.14 Å². The maximum Gasteiger partial charge on any atom is 0.294 e. The fourth-order valence-corrected chi connectivity index (χ4v) is 7.06. The number of imide groups is 1. The Hall–Kier alpha value is -3.10. The Morgan fingerprint density at radius 1 is 0.950 bits per heavy atom. The van der Waals surface area contributed by atoms with E-state index in [-0.39, 0.29) is 11.4 Å². The van der Waals surface area contributed by atoms with Gasteiger partial charge in [-0.3, -0.25) is 19.3 Å². The number of ether oxygens (including phenoxy) is 2. The highest BCUT2D eigenvalue weighted by molar-refractivity contribution is 14.1. The second-order valence-corrected chi connectivity index (χ2v) is 12.1. The number of carbonyl (C=O) groups is 3. The molecular formula is C30H22I2N2O5S. The van der Waals surface area contributed by atoms with E-state index < -0.39 is 17.1 Å². The maximum atomic E-state index is 13.0. The van der Waals surface area contributed by atoms with Gasteiger partial charge in [0.1, 0.15) is 24.7 Å². The minimum Gasteiger partial charge on any atom is -0.497 e. The Balaban J connectivity index is 1.24. The van der Waals surface area contributed by atoms with E-state index in [0.29, 0.717) is 18.0 Å².